The second-order valence-corrected chi connectivity index (χ2v) is 9.66. The van der Waals surface area contributed by atoms with Crippen LogP contribution in [0.25, 0.3) is 0 Å². The van der Waals surface area contributed by atoms with Crippen molar-refractivity contribution in [3.05, 3.63) is 15.8 Å². The Labute approximate surface area is 196 Å². The summed E-state index contributed by atoms with van der Waals surface area (Å²) < 4.78 is 3.83. The molecule has 18 heteroatoms. The Bertz CT molecular complexity index is 816. The van der Waals surface area contributed by atoms with Crippen molar-refractivity contribution in [2.24, 2.45) is 0 Å². The van der Waals surface area contributed by atoms with Crippen LogP contribution in [0.5, 0.6) is 0 Å². The second kappa shape index (κ2) is 17.8. The van der Waals surface area contributed by atoms with Gasteiger partial charge in [0, 0.05) is 0 Å². The molecule has 0 aliphatic heterocycles. The Balaban J connectivity index is -0.000000122. The molecule has 3 aromatic heterocycles. The first-order chi connectivity index (χ1) is 9.86. The Hall–Kier alpha value is 0.439. The van der Waals surface area contributed by atoms with Crippen molar-refractivity contribution >= 4 is 108 Å². The molecule has 3 rings (SSSR count). The van der Waals surface area contributed by atoms with Gasteiger partial charge in [-0.25, -0.2) is 0 Å². The van der Waals surface area contributed by atoms with E-state index in [9.17, 15) is 0 Å². The van der Waals surface area contributed by atoms with Crippen molar-refractivity contribution in [1.29, 1.82) is 0 Å². The number of aromatic amines is 4. The van der Waals surface area contributed by atoms with E-state index in [2.05, 4.69) is 80.3 Å². The van der Waals surface area contributed by atoms with Crippen LogP contribution in [0.4, 0.5) is 0 Å². The Morgan fingerprint density at radius 2 is 1.00 bits per heavy atom. The summed E-state index contributed by atoms with van der Waals surface area (Å²) in [4.78, 5) is 0. The van der Waals surface area contributed by atoms with Gasteiger partial charge in [0.1, 0.15) is 0 Å². The first kappa shape index (κ1) is 33.1. The predicted molar refractivity (Wildman–Crippen MR) is 115 cm³/mol. The normalized spacial score (nSPS) is 7.68. The Kier molecular flexibility index (Phi) is 23.6. The van der Waals surface area contributed by atoms with Crippen LogP contribution in [0.2, 0.25) is 0 Å². The molecule has 0 atom stereocenters. The third-order valence-electron chi connectivity index (χ3n) is 1.29. The summed E-state index contributed by atoms with van der Waals surface area (Å²) in [6.45, 7) is 0. The maximum absolute atomic E-state index is 4.70. The number of nitrogens with zero attached hydrogens (tertiary/aromatic N) is 2. The van der Waals surface area contributed by atoms with Crippen LogP contribution in [0.3, 0.4) is 0 Å². The first-order valence-electron chi connectivity index (χ1n) is 4.59. The van der Waals surface area contributed by atoms with Crippen LogP contribution in [0, 0.1) is 15.8 Å². The molecule has 25 heavy (non-hydrogen) atoms. The molecule has 0 aromatic carbocycles. The van der Waals surface area contributed by atoms with Gasteiger partial charge >= 0.3 is 17.1 Å². The third kappa shape index (κ3) is 16.3. The van der Waals surface area contributed by atoms with Crippen molar-refractivity contribution in [3.63, 3.8) is 0 Å². The fraction of sp³-hybridized carbons (Fsp3) is 0.143. The van der Waals surface area contributed by atoms with Gasteiger partial charge in [-0.05, 0) is 33.1 Å². The van der Waals surface area contributed by atoms with Crippen molar-refractivity contribution in [2.45, 2.75) is 16.1 Å². The van der Waals surface area contributed by atoms with Crippen LogP contribution >= 0.6 is 82.9 Å². The monoisotopic (exact) mass is 563 g/mol. The first-order valence-corrected chi connectivity index (χ1v) is 9.49. The van der Waals surface area contributed by atoms with E-state index in [-0.39, 0.29) is 35.4 Å². The molecule has 147 valence electrons. The Morgan fingerprint density at radius 3 is 1.08 bits per heavy atom. The molecule has 0 bridgehead atoms. The summed E-state index contributed by atoms with van der Waals surface area (Å²) in [5.41, 5.74) is 0. The van der Waals surface area contributed by atoms with Gasteiger partial charge in [0.15, 0.2) is 7.91 Å². The number of hydrogen-bond acceptors (Lipinski definition) is 11. The van der Waals surface area contributed by atoms with Gasteiger partial charge in [0.2, 0.25) is 0 Å². The minimum absolute atomic E-state index is 0. The van der Waals surface area contributed by atoms with E-state index in [1.54, 1.807) is 0 Å². The molecule has 0 aliphatic carbocycles. The zero-order valence-electron chi connectivity index (χ0n) is 10.9. The molecule has 0 fully saturated rings. The summed E-state index contributed by atoms with van der Waals surface area (Å²) in [7, 11) is 0. The molecule has 8 N–H and O–H groups in total. The van der Waals surface area contributed by atoms with E-state index in [0.717, 1.165) is 0 Å². The van der Waals surface area contributed by atoms with Crippen molar-refractivity contribution in [3.8, 4) is 0 Å². The molecule has 3 heterocycles. The molecule has 0 amide bonds. The number of hydrogen-bond donors (Lipinski definition) is 4. The van der Waals surface area contributed by atoms with E-state index >= 15 is 0 Å². The van der Waals surface area contributed by atoms with E-state index in [1.807, 2.05) is 0 Å². The van der Waals surface area contributed by atoms with E-state index in [0.29, 0.717) is 24.5 Å². The van der Waals surface area contributed by atoms with Gasteiger partial charge in [-0.15, -0.1) is 0 Å². The van der Waals surface area contributed by atoms with E-state index in [1.165, 1.54) is 34.0 Å². The average Bonchev–Trinajstić information content (AvgIpc) is 3.06. The summed E-state index contributed by atoms with van der Waals surface area (Å²) in [6, 6.07) is 0. The zero-order valence-corrected chi connectivity index (χ0v) is 19.2. The summed E-state index contributed by atoms with van der Waals surface area (Å²) >= 11 is 32.0. The molecular formula is C7H12CuN6O2S9. The number of nitrogens with one attached hydrogen (secondary N) is 4. The molecular weight excluding hydrogens is 552 g/mol. The Morgan fingerprint density at radius 1 is 0.680 bits per heavy atom. The summed E-state index contributed by atoms with van der Waals surface area (Å²) in [5.74, 6) is 0. The van der Waals surface area contributed by atoms with Crippen LogP contribution in [0.15, 0.2) is 8.68 Å². The number of rotatable bonds is 0. The van der Waals surface area contributed by atoms with Crippen LogP contribution in [-0.2, 0) is 42.3 Å². The molecule has 0 unspecified atom stereocenters. The average molecular weight is 564 g/mol. The van der Waals surface area contributed by atoms with Gasteiger partial charge in [-0.1, -0.05) is 43.2 Å². The third-order valence-corrected chi connectivity index (χ3v) is 5.02. The minimum Gasteiger partial charge on any atom is -0.412 e. The zero-order chi connectivity index (χ0) is 15.8. The summed E-state index contributed by atoms with van der Waals surface area (Å²) in [6.07, 6.45) is 0. The SMILES string of the molecule is C.O.O.S=c1[nH][nH]c(=S)s1.S=c1[nH]nc([S-])s1.S=c1[nH]nc([S-])s1.[Cu+2]. The van der Waals surface area contributed by atoms with Crippen molar-refractivity contribution in [1.82, 2.24) is 30.6 Å². The minimum atomic E-state index is 0. The standard InChI is InChI=1S/3C2H2N2S3.CH4.Cu.2H2O/c3*5-1-3-4-2(6)7-1;;;;/h3*(H,3,5)(H,4,6);1H4;;2*1H2/q;;;;+2;;/p-2. The molecule has 0 saturated carbocycles. The van der Waals surface area contributed by atoms with E-state index in [4.69, 9.17) is 24.4 Å². The van der Waals surface area contributed by atoms with Crippen LogP contribution in [-0.4, -0.2) is 41.5 Å². The quantitative estimate of drug-likeness (QED) is 0.185. The van der Waals surface area contributed by atoms with Gasteiger partial charge in [0.05, 0.1) is 7.91 Å². The van der Waals surface area contributed by atoms with Crippen LogP contribution in [0.1, 0.15) is 7.43 Å². The smallest absolute Gasteiger partial charge is 0.412 e. The van der Waals surface area contributed by atoms with Crippen molar-refractivity contribution in [2.75, 3.05) is 0 Å². The van der Waals surface area contributed by atoms with E-state index < -0.39 is 0 Å². The maximum Gasteiger partial charge on any atom is 2.00 e. The largest absolute Gasteiger partial charge is 2.00 e. The fourth-order valence-electron chi connectivity index (χ4n) is 0.670. The van der Waals surface area contributed by atoms with Crippen LogP contribution < -0.4 is 0 Å². The molecule has 0 spiro atoms. The fourth-order valence-corrected chi connectivity index (χ4v) is 3.96. The van der Waals surface area contributed by atoms with Gasteiger partial charge in [0.25, 0.3) is 0 Å². The van der Waals surface area contributed by atoms with Gasteiger partial charge in [-0.3, -0.25) is 20.4 Å². The second-order valence-electron chi connectivity index (χ2n) is 2.69. The predicted octanol–water partition coefficient (Wildman–Crippen LogP) is 3.06. The molecule has 0 saturated heterocycles. The molecule has 1 radical (unpaired) electrons. The number of aromatic nitrogens is 6. The summed E-state index contributed by atoms with van der Waals surface area (Å²) in [5, 5.41) is 17.7. The molecule has 8 nitrogen and oxygen atoms in total. The number of H-pyrrole nitrogens is 4. The molecule has 3 aromatic rings. The van der Waals surface area contributed by atoms with Gasteiger partial charge < -0.3 is 58.9 Å². The maximum atomic E-state index is 4.70. The molecule has 0 aliphatic rings. The topological polar surface area (TPSA) is 152 Å². The van der Waals surface area contributed by atoms with Crippen molar-refractivity contribution < 1.29 is 28.0 Å². The van der Waals surface area contributed by atoms with Gasteiger partial charge in [-0.2, -0.15) is 10.2 Å².